The summed E-state index contributed by atoms with van der Waals surface area (Å²) in [5, 5.41) is 0. The minimum atomic E-state index is -0.0000926. The first-order valence-corrected chi connectivity index (χ1v) is 10.5. The minimum absolute atomic E-state index is 0.0000926. The summed E-state index contributed by atoms with van der Waals surface area (Å²) in [6, 6.07) is 13.8. The van der Waals surface area contributed by atoms with Crippen LogP contribution >= 0.6 is 0 Å². The number of nitrogens with zero attached hydrogens (tertiary/aromatic N) is 1. The predicted molar refractivity (Wildman–Crippen MR) is 113 cm³/mol. The Bertz CT molecular complexity index is 805. The summed E-state index contributed by atoms with van der Waals surface area (Å²) in [5.41, 5.74) is 6.66. The number of nitrogens with two attached hydrogens (primary N) is 1. The first kappa shape index (κ1) is 19.7. The van der Waals surface area contributed by atoms with Crippen molar-refractivity contribution in [3.63, 3.8) is 0 Å². The summed E-state index contributed by atoms with van der Waals surface area (Å²) in [4.78, 5) is 2.42. The lowest BCUT2D eigenvalue weighted by Gasteiger charge is -2.34. The maximum Gasteiger partial charge on any atom is 0.184 e. The van der Waals surface area contributed by atoms with Crippen LogP contribution in [0.2, 0.25) is 0 Å². The normalized spacial score (nSPS) is 20.5. The number of ether oxygens (including phenoxy) is 4. The standard InChI is InChI=1S/C14H19NO2.C9H11NO2/c1-11-5-7-15(8-6-11)12-3-2-4-13-14(12)17-10-9-16-13;10-5-7-6-11-8-3-1-2-4-9(8)12-7/h2-4,11H,5-10H2,1H3;1-4,7H,5-6,10H2. The fourth-order valence-corrected chi connectivity index (χ4v) is 3.74. The lowest BCUT2D eigenvalue weighted by molar-refractivity contribution is 0.0969. The zero-order valence-electron chi connectivity index (χ0n) is 17.0. The number of anilines is 1. The Morgan fingerprint density at radius 3 is 2.41 bits per heavy atom. The molecule has 1 fully saturated rings. The molecule has 1 saturated heterocycles. The van der Waals surface area contributed by atoms with Crippen molar-refractivity contribution in [2.24, 2.45) is 11.7 Å². The molecular weight excluding hydrogens is 368 g/mol. The molecule has 0 spiro atoms. The smallest absolute Gasteiger partial charge is 0.184 e. The summed E-state index contributed by atoms with van der Waals surface area (Å²) in [6.07, 6.45) is 2.54. The molecule has 0 aliphatic carbocycles. The van der Waals surface area contributed by atoms with Crippen molar-refractivity contribution >= 4 is 5.69 Å². The van der Waals surface area contributed by atoms with Crippen molar-refractivity contribution in [3.8, 4) is 23.0 Å². The molecule has 0 radical (unpaired) electrons. The molecule has 2 N–H and O–H groups in total. The molecule has 1 atom stereocenters. The second-order valence-electron chi connectivity index (χ2n) is 7.70. The Morgan fingerprint density at radius 2 is 1.62 bits per heavy atom. The number of fused-ring (bicyclic) bond motifs is 2. The summed E-state index contributed by atoms with van der Waals surface area (Å²) in [6.45, 7) is 6.95. The highest BCUT2D eigenvalue weighted by Gasteiger charge is 2.23. The Labute approximate surface area is 172 Å². The van der Waals surface area contributed by atoms with Gasteiger partial charge in [-0.3, -0.25) is 0 Å². The molecular formula is C23H30N2O4. The summed E-state index contributed by atoms with van der Waals surface area (Å²) in [7, 11) is 0. The second-order valence-corrected chi connectivity index (χ2v) is 7.70. The highest BCUT2D eigenvalue weighted by molar-refractivity contribution is 5.65. The Balaban J connectivity index is 0.000000150. The van der Waals surface area contributed by atoms with Crippen LogP contribution in [0.4, 0.5) is 5.69 Å². The Hall–Kier alpha value is -2.60. The lowest BCUT2D eigenvalue weighted by Crippen LogP contribution is -2.35. The fourth-order valence-electron chi connectivity index (χ4n) is 3.74. The molecule has 3 heterocycles. The van der Waals surface area contributed by atoms with Crippen molar-refractivity contribution in [1.82, 2.24) is 0 Å². The number of piperidine rings is 1. The van der Waals surface area contributed by atoms with Crippen LogP contribution in [0.15, 0.2) is 42.5 Å². The average Bonchev–Trinajstić information content (AvgIpc) is 2.79. The molecule has 29 heavy (non-hydrogen) atoms. The van der Waals surface area contributed by atoms with Crippen molar-refractivity contribution in [3.05, 3.63) is 42.5 Å². The van der Waals surface area contributed by atoms with Crippen LogP contribution < -0.4 is 29.6 Å². The van der Waals surface area contributed by atoms with E-state index in [0.717, 1.165) is 42.0 Å². The highest BCUT2D eigenvalue weighted by atomic mass is 16.6. The van der Waals surface area contributed by atoms with E-state index >= 15 is 0 Å². The van der Waals surface area contributed by atoms with Crippen molar-refractivity contribution in [1.29, 1.82) is 0 Å². The van der Waals surface area contributed by atoms with Gasteiger partial charge in [-0.05, 0) is 43.0 Å². The molecule has 0 saturated carbocycles. The van der Waals surface area contributed by atoms with E-state index in [-0.39, 0.29) is 6.10 Å². The summed E-state index contributed by atoms with van der Waals surface area (Å²) < 4.78 is 22.3. The van der Waals surface area contributed by atoms with Gasteiger partial charge in [0.2, 0.25) is 0 Å². The van der Waals surface area contributed by atoms with Gasteiger partial charge in [0.25, 0.3) is 0 Å². The van der Waals surface area contributed by atoms with Crippen molar-refractivity contribution in [2.75, 3.05) is 44.4 Å². The SMILES string of the molecule is CC1CCN(c2cccc3c2OCCO3)CC1.NCC1COc2ccccc2O1. The van der Waals surface area contributed by atoms with Gasteiger partial charge in [-0.2, -0.15) is 0 Å². The zero-order chi connectivity index (χ0) is 20.1. The van der Waals surface area contributed by atoms with Crippen LogP contribution in [0.1, 0.15) is 19.8 Å². The van der Waals surface area contributed by atoms with Gasteiger partial charge in [-0.25, -0.2) is 0 Å². The van der Waals surface area contributed by atoms with Gasteiger partial charge >= 0.3 is 0 Å². The largest absolute Gasteiger partial charge is 0.486 e. The quantitative estimate of drug-likeness (QED) is 0.836. The lowest BCUT2D eigenvalue weighted by atomic mass is 9.98. The van der Waals surface area contributed by atoms with Crippen LogP contribution in [-0.2, 0) is 0 Å². The molecule has 156 valence electrons. The summed E-state index contributed by atoms with van der Waals surface area (Å²) >= 11 is 0. The van der Waals surface area contributed by atoms with Crippen LogP contribution in [0, 0.1) is 5.92 Å². The van der Waals surface area contributed by atoms with Gasteiger partial charge in [-0.1, -0.05) is 25.1 Å². The van der Waals surface area contributed by atoms with Crippen LogP contribution in [-0.4, -0.2) is 45.6 Å². The van der Waals surface area contributed by atoms with Crippen LogP contribution in [0.3, 0.4) is 0 Å². The first-order chi connectivity index (χ1) is 14.2. The van der Waals surface area contributed by atoms with E-state index in [1.807, 2.05) is 30.3 Å². The third-order valence-corrected chi connectivity index (χ3v) is 5.50. The van der Waals surface area contributed by atoms with Crippen molar-refractivity contribution < 1.29 is 18.9 Å². The van der Waals surface area contributed by atoms with E-state index in [0.29, 0.717) is 26.4 Å². The summed E-state index contributed by atoms with van der Waals surface area (Å²) in [5.74, 6) is 4.28. The van der Waals surface area contributed by atoms with E-state index in [1.165, 1.54) is 18.5 Å². The van der Waals surface area contributed by atoms with Crippen molar-refractivity contribution in [2.45, 2.75) is 25.9 Å². The Kier molecular flexibility index (Phi) is 6.30. The zero-order valence-corrected chi connectivity index (χ0v) is 17.0. The molecule has 0 amide bonds. The van der Waals surface area contributed by atoms with E-state index in [9.17, 15) is 0 Å². The molecule has 3 aliphatic heterocycles. The number of hydrogen-bond acceptors (Lipinski definition) is 6. The van der Waals surface area contributed by atoms with Gasteiger partial charge in [0.05, 0.1) is 5.69 Å². The molecule has 6 heteroatoms. The molecule has 2 aromatic rings. The van der Waals surface area contributed by atoms with Gasteiger partial charge in [0.1, 0.15) is 25.9 Å². The predicted octanol–water partition coefficient (Wildman–Crippen LogP) is 3.48. The fraction of sp³-hybridized carbons (Fsp3) is 0.478. The van der Waals surface area contributed by atoms with E-state index in [4.69, 9.17) is 24.7 Å². The van der Waals surface area contributed by atoms with Crippen LogP contribution in [0.25, 0.3) is 0 Å². The van der Waals surface area contributed by atoms with Crippen LogP contribution in [0.5, 0.6) is 23.0 Å². The monoisotopic (exact) mass is 398 g/mol. The Morgan fingerprint density at radius 1 is 0.897 bits per heavy atom. The topological polar surface area (TPSA) is 66.2 Å². The number of benzene rings is 2. The van der Waals surface area contributed by atoms with E-state index < -0.39 is 0 Å². The maximum atomic E-state index is 5.77. The second kappa shape index (κ2) is 9.27. The maximum absolute atomic E-state index is 5.77. The number of hydrogen-bond donors (Lipinski definition) is 1. The third kappa shape index (κ3) is 4.70. The highest BCUT2D eigenvalue weighted by Crippen LogP contribution is 2.40. The van der Waals surface area contributed by atoms with Gasteiger partial charge < -0.3 is 29.6 Å². The molecule has 5 rings (SSSR count). The molecule has 3 aliphatic rings. The molecule has 2 aromatic carbocycles. The van der Waals surface area contributed by atoms with Gasteiger partial charge in [0.15, 0.2) is 23.0 Å². The van der Waals surface area contributed by atoms with Gasteiger partial charge in [-0.15, -0.1) is 0 Å². The minimum Gasteiger partial charge on any atom is -0.486 e. The van der Waals surface area contributed by atoms with Gasteiger partial charge in [0, 0.05) is 19.6 Å². The number of para-hydroxylation sites is 3. The molecule has 0 aromatic heterocycles. The molecule has 1 unspecified atom stereocenters. The average molecular weight is 399 g/mol. The molecule has 0 bridgehead atoms. The first-order valence-electron chi connectivity index (χ1n) is 10.5. The van der Waals surface area contributed by atoms with E-state index in [1.54, 1.807) is 0 Å². The molecule has 6 nitrogen and oxygen atoms in total. The number of rotatable bonds is 2. The third-order valence-electron chi connectivity index (χ3n) is 5.50. The van der Waals surface area contributed by atoms with E-state index in [2.05, 4.69) is 24.0 Å².